The topological polar surface area (TPSA) is 66.5 Å². The molecule has 0 aromatic heterocycles. The highest BCUT2D eigenvalue weighted by molar-refractivity contribution is 7.89. The van der Waals surface area contributed by atoms with Crippen molar-refractivity contribution in [3.05, 3.63) is 29.8 Å². The van der Waals surface area contributed by atoms with E-state index < -0.39 is 10.0 Å². The van der Waals surface area contributed by atoms with E-state index in [9.17, 15) is 13.2 Å². The summed E-state index contributed by atoms with van der Waals surface area (Å²) in [7, 11) is -3.56. The van der Waals surface area contributed by atoms with Gasteiger partial charge in [-0.15, -0.1) is 0 Å². The van der Waals surface area contributed by atoms with Crippen molar-refractivity contribution in [1.82, 2.24) is 9.62 Å². The van der Waals surface area contributed by atoms with Crippen molar-refractivity contribution >= 4 is 15.9 Å². The van der Waals surface area contributed by atoms with Crippen LogP contribution in [-0.2, 0) is 10.0 Å². The van der Waals surface area contributed by atoms with E-state index in [1.54, 1.807) is 17.0 Å². The Morgan fingerprint density at radius 1 is 1.22 bits per heavy atom. The largest absolute Gasteiger partial charge is 0.339 e. The zero-order valence-corrected chi connectivity index (χ0v) is 14.7. The van der Waals surface area contributed by atoms with Crippen LogP contribution in [-0.4, -0.2) is 38.9 Å². The molecule has 1 aliphatic rings. The lowest BCUT2D eigenvalue weighted by molar-refractivity contribution is 0.0724. The van der Waals surface area contributed by atoms with Crippen LogP contribution < -0.4 is 4.72 Å². The predicted molar refractivity (Wildman–Crippen MR) is 90.8 cm³/mol. The van der Waals surface area contributed by atoms with Crippen molar-refractivity contribution in [2.75, 3.05) is 19.6 Å². The summed E-state index contributed by atoms with van der Waals surface area (Å²) >= 11 is 0. The number of carbonyl (C=O) groups is 1. The van der Waals surface area contributed by atoms with E-state index in [4.69, 9.17) is 0 Å². The molecule has 0 atom stereocenters. The number of carbonyl (C=O) groups excluding carboxylic acids is 1. The van der Waals surface area contributed by atoms with Crippen LogP contribution in [0.3, 0.4) is 0 Å². The van der Waals surface area contributed by atoms with Crippen molar-refractivity contribution in [3.63, 3.8) is 0 Å². The van der Waals surface area contributed by atoms with E-state index in [0.717, 1.165) is 38.8 Å². The molecule has 0 spiro atoms. The normalized spacial score (nSPS) is 15.9. The van der Waals surface area contributed by atoms with Crippen LogP contribution in [0, 0.1) is 5.92 Å². The molecule has 0 aliphatic carbocycles. The summed E-state index contributed by atoms with van der Waals surface area (Å²) in [5.41, 5.74) is 0.443. The van der Waals surface area contributed by atoms with Crippen molar-refractivity contribution in [2.24, 2.45) is 5.92 Å². The highest BCUT2D eigenvalue weighted by Crippen LogP contribution is 2.16. The molecular formula is C17H26N2O3S. The summed E-state index contributed by atoms with van der Waals surface area (Å²) in [6.45, 7) is 6.01. The summed E-state index contributed by atoms with van der Waals surface area (Å²) in [6.07, 6.45) is 3.96. The first kappa shape index (κ1) is 17.9. The lowest BCUT2D eigenvalue weighted by atomic mass is 10.1. The Bertz CT molecular complexity index is 635. The van der Waals surface area contributed by atoms with Gasteiger partial charge >= 0.3 is 0 Å². The molecule has 1 fully saturated rings. The first-order valence-corrected chi connectivity index (χ1v) is 9.77. The fourth-order valence-corrected chi connectivity index (χ4v) is 3.73. The minimum Gasteiger partial charge on any atom is -0.339 e. The Kier molecular flexibility index (Phi) is 6.18. The van der Waals surface area contributed by atoms with Crippen LogP contribution in [0.5, 0.6) is 0 Å². The van der Waals surface area contributed by atoms with Crippen LogP contribution in [0.15, 0.2) is 29.2 Å². The van der Waals surface area contributed by atoms with Gasteiger partial charge < -0.3 is 4.90 Å². The number of benzene rings is 1. The third kappa shape index (κ3) is 5.04. The van der Waals surface area contributed by atoms with Crippen molar-refractivity contribution in [3.8, 4) is 0 Å². The van der Waals surface area contributed by atoms with Crippen molar-refractivity contribution in [1.29, 1.82) is 0 Å². The molecule has 6 heteroatoms. The van der Waals surface area contributed by atoms with Gasteiger partial charge in [0.05, 0.1) is 4.90 Å². The standard InChI is InChI=1S/C17H26N2O3S/c1-14(2)9-10-18-23(21,22)16-8-6-7-15(13-16)17(20)19-11-4-3-5-12-19/h6-8,13-14,18H,3-5,9-12H2,1-2H3. The van der Waals surface area contributed by atoms with Gasteiger partial charge in [0.25, 0.3) is 5.91 Å². The number of nitrogens with one attached hydrogen (secondary N) is 1. The van der Waals surface area contributed by atoms with Gasteiger partial charge in [-0.3, -0.25) is 4.79 Å². The van der Waals surface area contributed by atoms with Crippen molar-refractivity contribution < 1.29 is 13.2 Å². The van der Waals surface area contributed by atoms with E-state index in [1.807, 2.05) is 13.8 Å². The van der Waals surface area contributed by atoms with E-state index in [2.05, 4.69) is 4.72 Å². The average Bonchev–Trinajstić information content (AvgIpc) is 2.54. The minimum atomic E-state index is -3.56. The molecule has 1 saturated heterocycles. The first-order chi connectivity index (χ1) is 10.9. The molecule has 0 bridgehead atoms. The molecule has 1 N–H and O–H groups in total. The number of piperidine rings is 1. The summed E-state index contributed by atoms with van der Waals surface area (Å²) in [5, 5.41) is 0. The zero-order valence-electron chi connectivity index (χ0n) is 13.9. The SMILES string of the molecule is CC(C)CCNS(=O)(=O)c1cccc(C(=O)N2CCCCC2)c1. The van der Waals surface area contributed by atoms with E-state index >= 15 is 0 Å². The number of nitrogens with zero attached hydrogens (tertiary/aromatic N) is 1. The summed E-state index contributed by atoms with van der Waals surface area (Å²) in [5.74, 6) is 0.355. The van der Waals surface area contributed by atoms with Crippen LogP contribution in [0.4, 0.5) is 0 Å². The average molecular weight is 338 g/mol. The monoisotopic (exact) mass is 338 g/mol. The molecular weight excluding hydrogens is 312 g/mol. The first-order valence-electron chi connectivity index (χ1n) is 8.29. The number of rotatable bonds is 6. The van der Waals surface area contributed by atoms with Gasteiger partial charge in [-0.1, -0.05) is 19.9 Å². The third-order valence-corrected chi connectivity index (χ3v) is 5.51. The van der Waals surface area contributed by atoms with Crippen LogP contribution in [0.1, 0.15) is 49.9 Å². The Morgan fingerprint density at radius 3 is 2.57 bits per heavy atom. The van der Waals surface area contributed by atoms with Crippen LogP contribution >= 0.6 is 0 Å². The highest BCUT2D eigenvalue weighted by Gasteiger charge is 2.20. The van der Waals surface area contributed by atoms with E-state index in [-0.39, 0.29) is 10.8 Å². The Balaban J connectivity index is 2.10. The predicted octanol–water partition coefficient (Wildman–Crippen LogP) is 2.64. The maximum Gasteiger partial charge on any atom is 0.253 e. The number of sulfonamides is 1. The maximum absolute atomic E-state index is 12.5. The Labute approximate surface area is 139 Å². The van der Waals surface area contributed by atoms with Crippen LogP contribution in [0.25, 0.3) is 0 Å². The number of amides is 1. The van der Waals surface area contributed by atoms with Gasteiger partial charge in [-0.2, -0.15) is 0 Å². The second-order valence-corrected chi connectivity index (χ2v) is 8.23. The highest BCUT2D eigenvalue weighted by atomic mass is 32.2. The second-order valence-electron chi connectivity index (χ2n) is 6.46. The van der Waals surface area contributed by atoms with Gasteiger partial charge in [-0.25, -0.2) is 13.1 Å². The third-order valence-electron chi connectivity index (χ3n) is 4.05. The second kappa shape index (κ2) is 7.93. The summed E-state index contributed by atoms with van der Waals surface area (Å²) < 4.78 is 27.3. The molecule has 0 radical (unpaired) electrons. The molecule has 2 rings (SSSR count). The molecule has 1 heterocycles. The number of likely N-dealkylation sites (tertiary alicyclic amines) is 1. The molecule has 0 unspecified atom stereocenters. The molecule has 1 aromatic carbocycles. The van der Waals surface area contributed by atoms with E-state index in [0.29, 0.717) is 18.0 Å². The molecule has 5 nitrogen and oxygen atoms in total. The maximum atomic E-state index is 12.5. The lowest BCUT2D eigenvalue weighted by Gasteiger charge is -2.26. The van der Waals surface area contributed by atoms with Gasteiger partial charge in [0.2, 0.25) is 10.0 Å². The molecule has 1 amide bonds. The number of hydrogen-bond acceptors (Lipinski definition) is 3. The molecule has 0 saturated carbocycles. The fourth-order valence-electron chi connectivity index (χ4n) is 2.64. The zero-order chi connectivity index (χ0) is 16.9. The lowest BCUT2D eigenvalue weighted by Crippen LogP contribution is -2.35. The Morgan fingerprint density at radius 2 is 1.91 bits per heavy atom. The van der Waals surface area contributed by atoms with Gasteiger partial charge in [-0.05, 0) is 49.8 Å². The van der Waals surface area contributed by atoms with E-state index in [1.165, 1.54) is 12.1 Å². The molecule has 1 aromatic rings. The summed E-state index contributed by atoms with van der Waals surface area (Å²) in [6, 6.07) is 6.33. The number of hydrogen-bond donors (Lipinski definition) is 1. The van der Waals surface area contributed by atoms with Gasteiger partial charge in [0.1, 0.15) is 0 Å². The quantitative estimate of drug-likeness (QED) is 0.867. The van der Waals surface area contributed by atoms with Crippen LogP contribution in [0.2, 0.25) is 0 Å². The van der Waals surface area contributed by atoms with Gasteiger partial charge in [0, 0.05) is 25.2 Å². The summed E-state index contributed by atoms with van der Waals surface area (Å²) in [4.78, 5) is 14.5. The Hall–Kier alpha value is -1.40. The molecule has 23 heavy (non-hydrogen) atoms. The minimum absolute atomic E-state index is 0.0797. The smallest absolute Gasteiger partial charge is 0.253 e. The molecule has 1 aliphatic heterocycles. The fraction of sp³-hybridized carbons (Fsp3) is 0.588. The molecule has 128 valence electrons. The van der Waals surface area contributed by atoms with Crippen molar-refractivity contribution in [2.45, 2.75) is 44.4 Å². The van der Waals surface area contributed by atoms with Gasteiger partial charge in [0.15, 0.2) is 0 Å².